The number of carbonyl (C=O) groups is 2. The van der Waals surface area contributed by atoms with Gasteiger partial charge in [0.15, 0.2) is 11.7 Å². The topological polar surface area (TPSA) is 99.9 Å². The maximum Gasteiger partial charge on any atom is 0.374 e. The third kappa shape index (κ3) is 4.45. The highest BCUT2D eigenvalue weighted by atomic mass is 32.1. The number of hydrogen-bond acceptors (Lipinski definition) is 8. The Bertz CT molecular complexity index is 935. The van der Waals surface area contributed by atoms with Gasteiger partial charge in [-0.3, -0.25) is 10.1 Å². The van der Waals surface area contributed by atoms with Crippen LogP contribution in [-0.2, 0) is 9.53 Å². The van der Waals surface area contributed by atoms with E-state index in [1.807, 2.05) is 0 Å². The van der Waals surface area contributed by atoms with Gasteiger partial charge in [-0.25, -0.2) is 9.78 Å². The number of methoxy groups -OCH3 is 2. The molecule has 1 amide bonds. The van der Waals surface area contributed by atoms with Crippen molar-refractivity contribution in [2.75, 3.05) is 26.1 Å². The minimum absolute atomic E-state index is 0.0319. The van der Waals surface area contributed by atoms with Gasteiger partial charge in [0.1, 0.15) is 11.5 Å². The van der Waals surface area contributed by atoms with Crippen LogP contribution in [0.2, 0.25) is 0 Å². The average molecular weight is 388 g/mol. The Kier molecular flexibility index (Phi) is 5.72. The van der Waals surface area contributed by atoms with Gasteiger partial charge in [0.05, 0.1) is 26.2 Å². The van der Waals surface area contributed by atoms with E-state index in [-0.39, 0.29) is 5.76 Å². The molecule has 27 heavy (non-hydrogen) atoms. The number of nitrogens with one attached hydrogen (secondary N) is 1. The number of carbonyl (C=O) groups excluding carboxylic acids is 2. The molecular weight excluding hydrogens is 372 g/mol. The van der Waals surface area contributed by atoms with E-state index in [1.165, 1.54) is 23.7 Å². The number of nitrogens with zero attached hydrogens (tertiary/aromatic N) is 1. The van der Waals surface area contributed by atoms with E-state index in [9.17, 15) is 9.59 Å². The van der Waals surface area contributed by atoms with Gasteiger partial charge in [-0.15, -0.1) is 11.3 Å². The first kappa shape index (κ1) is 18.5. The molecule has 0 saturated carbocycles. The molecule has 8 nitrogen and oxygen atoms in total. The van der Waals surface area contributed by atoms with Gasteiger partial charge >= 0.3 is 5.97 Å². The van der Waals surface area contributed by atoms with Gasteiger partial charge < -0.3 is 18.6 Å². The summed E-state index contributed by atoms with van der Waals surface area (Å²) in [6, 6.07) is 8.37. The van der Waals surface area contributed by atoms with E-state index in [0.717, 1.165) is 5.56 Å². The van der Waals surface area contributed by atoms with Crippen LogP contribution in [0.5, 0.6) is 11.5 Å². The summed E-state index contributed by atoms with van der Waals surface area (Å²) in [5.74, 6) is 0.106. The number of aromatic nitrogens is 1. The smallest absolute Gasteiger partial charge is 0.374 e. The van der Waals surface area contributed by atoms with E-state index < -0.39 is 18.5 Å². The number of furan rings is 1. The molecule has 0 aliphatic carbocycles. The van der Waals surface area contributed by atoms with Crippen LogP contribution in [0.25, 0.3) is 11.3 Å². The zero-order chi connectivity index (χ0) is 19.2. The maximum atomic E-state index is 12.0. The first-order valence-corrected chi connectivity index (χ1v) is 8.67. The highest BCUT2D eigenvalue weighted by molar-refractivity contribution is 7.14. The maximum absolute atomic E-state index is 12.0. The highest BCUT2D eigenvalue weighted by Crippen LogP contribution is 2.34. The zero-order valence-electron chi connectivity index (χ0n) is 14.6. The number of rotatable bonds is 7. The molecule has 1 N–H and O–H groups in total. The molecule has 0 bridgehead atoms. The molecule has 0 radical (unpaired) electrons. The number of ether oxygens (including phenoxy) is 3. The van der Waals surface area contributed by atoms with Crippen LogP contribution in [0.1, 0.15) is 10.6 Å². The summed E-state index contributed by atoms with van der Waals surface area (Å²) in [6.45, 7) is -0.447. The number of hydrogen-bond donors (Lipinski definition) is 1. The van der Waals surface area contributed by atoms with Crippen LogP contribution in [0.4, 0.5) is 5.13 Å². The minimum Gasteiger partial charge on any atom is -0.497 e. The van der Waals surface area contributed by atoms with Crippen molar-refractivity contribution in [1.82, 2.24) is 4.98 Å². The van der Waals surface area contributed by atoms with Crippen molar-refractivity contribution in [1.29, 1.82) is 0 Å². The van der Waals surface area contributed by atoms with Crippen LogP contribution in [-0.4, -0.2) is 37.7 Å². The molecule has 140 valence electrons. The molecule has 9 heteroatoms. The largest absolute Gasteiger partial charge is 0.497 e. The monoisotopic (exact) mass is 388 g/mol. The van der Waals surface area contributed by atoms with Crippen molar-refractivity contribution < 1.29 is 28.2 Å². The molecular formula is C18H16N2O6S. The third-order valence-electron chi connectivity index (χ3n) is 3.49. The molecule has 1 aromatic carbocycles. The van der Waals surface area contributed by atoms with Gasteiger partial charge in [0, 0.05) is 10.9 Å². The molecule has 0 fully saturated rings. The molecule has 0 spiro atoms. The Balaban J connectivity index is 1.64. The standard InChI is InChI=1S/C18H16N2O6S/c1-23-11-5-6-14(24-2)12(8-11)13-10-27-18(19-13)20-16(21)9-26-17(22)15-4-3-7-25-15/h3-8,10H,9H2,1-2H3,(H,19,20,21). The van der Waals surface area contributed by atoms with E-state index in [2.05, 4.69) is 10.3 Å². The van der Waals surface area contributed by atoms with Gasteiger partial charge in [0.2, 0.25) is 5.76 Å². The fourth-order valence-electron chi connectivity index (χ4n) is 2.22. The fraction of sp³-hybridized carbons (Fsp3) is 0.167. The summed E-state index contributed by atoms with van der Waals surface area (Å²) in [4.78, 5) is 28.0. The van der Waals surface area contributed by atoms with Gasteiger partial charge in [-0.05, 0) is 30.3 Å². The van der Waals surface area contributed by atoms with Crippen LogP contribution >= 0.6 is 11.3 Å². The summed E-state index contributed by atoms with van der Waals surface area (Å²) in [7, 11) is 3.13. The Morgan fingerprint density at radius 2 is 2.07 bits per heavy atom. The van der Waals surface area contributed by atoms with Crippen molar-refractivity contribution in [3.8, 4) is 22.8 Å². The molecule has 0 atom stereocenters. The van der Waals surface area contributed by atoms with E-state index in [4.69, 9.17) is 18.6 Å². The normalized spacial score (nSPS) is 10.3. The summed E-state index contributed by atoms with van der Waals surface area (Å²) in [6.07, 6.45) is 1.35. The SMILES string of the molecule is COc1ccc(OC)c(-c2csc(NC(=O)COC(=O)c3ccco3)n2)c1. The summed E-state index contributed by atoms with van der Waals surface area (Å²) < 4.78 is 20.3. The quantitative estimate of drug-likeness (QED) is 0.620. The van der Waals surface area contributed by atoms with Crippen LogP contribution in [0.15, 0.2) is 46.4 Å². The summed E-state index contributed by atoms with van der Waals surface area (Å²) in [5.41, 5.74) is 1.36. The number of esters is 1. The van der Waals surface area contributed by atoms with Crippen molar-refractivity contribution in [2.24, 2.45) is 0 Å². The Morgan fingerprint density at radius 3 is 2.78 bits per heavy atom. The van der Waals surface area contributed by atoms with Crippen LogP contribution < -0.4 is 14.8 Å². The Morgan fingerprint density at radius 1 is 1.22 bits per heavy atom. The molecule has 0 aliphatic heterocycles. The number of benzene rings is 1. The van der Waals surface area contributed by atoms with E-state index in [0.29, 0.717) is 22.3 Å². The first-order chi connectivity index (χ1) is 13.1. The molecule has 3 aromatic rings. The molecule has 2 aromatic heterocycles. The molecule has 0 saturated heterocycles. The number of anilines is 1. The van der Waals surface area contributed by atoms with Gasteiger partial charge in [-0.2, -0.15) is 0 Å². The number of amides is 1. The second-order valence-corrected chi connectivity index (χ2v) is 6.06. The second kappa shape index (κ2) is 8.37. The minimum atomic E-state index is -0.712. The lowest BCUT2D eigenvalue weighted by Crippen LogP contribution is -2.20. The molecule has 2 heterocycles. The lowest BCUT2D eigenvalue weighted by molar-refractivity contribution is -0.119. The van der Waals surface area contributed by atoms with Crippen molar-refractivity contribution in [3.63, 3.8) is 0 Å². The van der Waals surface area contributed by atoms with Crippen molar-refractivity contribution >= 4 is 28.3 Å². The Labute approximate surface area is 158 Å². The van der Waals surface area contributed by atoms with E-state index >= 15 is 0 Å². The Hall–Kier alpha value is -3.33. The fourth-order valence-corrected chi connectivity index (χ4v) is 2.95. The lowest BCUT2D eigenvalue weighted by atomic mass is 10.1. The van der Waals surface area contributed by atoms with Crippen LogP contribution in [0.3, 0.4) is 0 Å². The molecule has 3 rings (SSSR count). The van der Waals surface area contributed by atoms with Gasteiger partial charge in [-0.1, -0.05) is 0 Å². The van der Waals surface area contributed by atoms with Crippen molar-refractivity contribution in [2.45, 2.75) is 0 Å². The predicted molar refractivity (Wildman–Crippen MR) is 98.3 cm³/mol. The third-order valence-corrected chi connectivity index (χ3v) is 4.25. The summed E-state index contributed by atoms with van der Waals surface area (Å²) >= 11 is 1.24. The van der Waals surface area contributed by atoms with E-state index in [1.54, 1.807) is 43.9 Å². The summed E-state index contributed by atoms with van der Waals surface area (Å²) in [5, 5.41) is 4.74. The lowest BCUT2D eigenvalue weighted by Gasteiger charge is -2.08. The second-order valence-electron chi connectivity index (χ2n) is 5.21. The highest BCUT2D eigenvalue weighted by Gasteiger charge is 2.15. The van der Waals surface area contributed by atoms with Gasteiger partial charge in [0.25, 0.3) is 5.91 Å². The predicted octanol–water partition coefficient (Wildman–Crippen LogP) is 3.22. The average Bonchev–Trinajstić information content (AvgIpc) is 3.37. The first-order valence-electron chi connectivity index (χ1n) is 7.79. The number of thiazole rings is 1. The van der Waals surface area contributed by atoms with Crippen LogP contribution in [0, 0.1) is 0 Å². The zero-order valence-corrected chi connectivity index (χ0v) is 15.4. The molecule has 0 aliphatic rings. The van der Waals surface area contributed by atoms with Crippen molar-refractivity contribution in [3.05, 3.63) is 47.7 Å². The molecule has 0 unspecified atom stereocenters.